The molecule has 4 rings (SSSR count). The van der Waals surface area contributed by atoms with E-state index in [1.54, 1.807) is 25.6 Å². The van der Waals surface area contributed by atoms with Gasteiger partial charge in [0.05, 0.1) is 26.0 Å². The van der Waals surface area contributed by atoms with Crippen LogP contribution in [0.4, 0.5) is 0 Å². The van der Waals surface area contributed by atoms with Crippen molar-refractivity contribution in [2.75, 3.05) is 14.2 Å². The van der Waals surface area contributed by atoms with E-state index in [4.69, 9.17) is 14.5 Å². The van der Waals surface area contributed by atoms with Gasteiger partial charge in [0.25, 0.3) is 0 Å². The number of benzene rings is 1. The Labute approximate surface area is 141 Å². The first-order chi connectivity index (χ1) is 11.3. The third-order valence-corrected chi connectivity index (χ3v) is 5.71. The number of thiophene rings is 1. The lowest BCUT2D eigenvalue weighted by Gasteiger charge is -2.35. The van der Waals surface area contributed by atoms with E-state index in [1.165, 1.54) is 42.4 Å². The number of aliphatic imine (C=N–C) groups is 1. The van der Waals surface area contributed by atoms with E-state index in [2.05, 4.69) is 29.0 Å². The van der Waals surface area contributed by atoms with Crippen LogP contribution in [0.2, 0.25) is 0 Å². The SMILES string of the molecule is COc1cc2c(cc1OC)[C@H]1CCCC[C@H]1N=C2c1ccsc1. The fourth-order valence-corrected chi connectivity index (χ4v) is 4.54. The quantitative estimate of drug-likeness (QED) is 0.822. The number of hydrogen-bond acceptors (Lipinski definition) is 4. The Hall–Kier alpha value is -1.81. The molecule has 1 fully saturated rings. The topological polar surface area (TPSA) is 30.8 Å². The van der Waals surface area contributed by atoms with Gasteiger partial charge in [0.1, 0.15) is 0 Å². The highest BCUT2D eigenvalue weighted by atomic mass is 32.1. The molecule has 0 N–H and O–H groups in total. The Bertz CT molecular complexity index is 736. The third-order valence-electron chi connectivity index (χ3n) is 5.03. The van der Waals surface area contributed by atoms with Crippen molar-refractivity contribution in [2.45, 2.75) is 37.6 Å². The van der Waals surface area contributed by atoms with E-state index >= 15 is 0 Å². The van der Waals surface area contributed by atoms with Crippen molar-refractivity contribution in [3.63, 3.8) is 0 Å². The van der Waals surface area contributed by atoms with Crippen molar-refractivity contribution < 1.29 is 9.47 Å². The minimum absolute atomic E-state index is 0.407. The molecule has 4 heteroatoms. The summed E-state index contributed by atoms with van der Waals surface area (Å²) in [5, 5.41) is 4.30. The average molecular weight is 327 g/mol. The molecule has 0 saturated heterocycles. The normalized spacial score (nSPS) is 22.8. The lowest BCUT2D eigenvalue weighted by atomic mass is 9.75. The smallest absolute Gasteiger partial charge is 0.161 e. The van der Waals surface area contributed by atoms with Crippen LogP contribution < -0.4 is 9.47 Å². The molecular weight excluding hydrogens is 306 g/mol. The summed E-state index contributed by atoms with van der Waals surface area (Å²) in [6.07, 6.45) is 4.97. The Morgan fingerprint density at radius 1 is 1.09 bits per heavy atom. The van der Waals surface area contributed by atoms with E-state index < -0.39 is 0 Å². The first-order valence-corrected chi connectivity index (χ1v) is 9.12. The first-order valence-electron chi connectivity index (χ1n) is 8.18. The maximum absolute atomic E-state index is 5.55. The second kappa shape index (κ2) is 6.00. The van der Waals surface area contributed by atoms with Crippen LogP contribution in [-0.4, -0.2) is 26.0 Å². The largest absolute Gasteiger partial charge is 0.493 e. The Kier molecular flexibility index (Phi) is 3.85. The van der Waals surface area contributed by atoms with Crippen LogP contribution in [0, 0.1) is 0 Å². The van der Waals surface area contributed by atoms with Gasteiger partial charge in [-0.3, -0.25) is 4.99 Å². The van der Waals surface area contributed by atoms with Gasteiger partial charge in [-0.2, -0.15) is 11.3 Å². The molecule has 1 saturated carbocycles. The Morgan fingerprint density at radius 3 is 2.61 bits per heavy atom. The number of fused-ring (bicyclic) bond motifs is 3. The van der Waals surface area contributed by atoms with Crippen molar-refractivity contribution in [3.8, 4) is 11.5 Å². The second-order valence-corrected chi connectivity index (χ2v) is 7.02. The fraction of sp³-hybridized carbons (Fsp3) is 0.421. The molecule has 3 nitrogen and oxygen atoms in total. The minimum Gasteiger partial charge on any atom is -0.493 e. The zero-order valence-electron chi connectivity index (χ0n) is 13.5. The highest BCUT2D eigenvalue weighted by molar-refractivity contribution is 7.08. The van der Waals surface area contributed by atoms with Crippen molar-refractivity contribution in [3.05, 3.63) is 45.6 Å². The second-order valence-electron chi connectivity index (χ2n) is 6.24. The molecule has 0 radical (unpaired) electrons. The predicted octanol–water partition coefficient (Wildman–Crippen LogP) is 4.64. The molecule has 2 aromatic rings. The molecule has 2 heterocycles. The molecule has 0 amide bonds. The summed E-state index contributed by atoms with van der Waals surface area (Å²) >= 11 is 1.72. The van der Waals surface area contributed by atoms with Crippen LogP contribution in [0.25, 0.3) is 0 Å². The lowest BCUT2D eigenvalue weighted by molar-refractivity contribution is 0.349. The third kappa shape index (κ3) is 2.45. The predicted molar refractivity (Wildman–Crippen MR) is 94.5 cm³/mol. The van der Waals surface area contributed by atoms with Gasteiger partial charge in [0, 0.05) is 22.4 Å². The van der Waals surface area contributed by atoms with E-state index in [9.17, 15) is 0 Å². The molecule has 1 aromatic heterocycles. The van der Waals surface area contributed by atoms with Gasteiger partial charge < -0.3 is 9.47 Å². The van der Waals surface area contributed by atoms with E-state index in [0.717, 1.165) is 17.2 Å². The summed E-state index contributed by atoms with van der Waals surface area (Å²) in [6.45, 7) is 0. The van der Waals surface area contributed by atoms with Crippen molar-refractivity contribution in [1.29, 1.82) is 0 Å². The summed E-state index contributed by atoms with van der Waals surface area (Å²) in [5.74, 6) is 2.12. The maximum atomic E-state index is 5.55. The fourth-order valence-electron chi connectivity index (χ4n) is 3.90. The summed E-state index contributed by atoms with van der Waals surface area (Å²) in [7, 11) is 3.40. The van der Waals surface area contributed by atoms with E-state index in [0.29, 0.717) is 12.0 Å². The zero-order chi connectivity index (χ0) is 15.8. The van der Waals surface area contributed by atoms with Crippen LogP contribution in [0.5, 0.6) is 11.5 Å². The number of methoxy groups -OCH3 is 2. The van der Waals surface area contributed by atoms with Crippen LogP contribution in [0.15, 0.2) is 34.0 Å². The van der Waals surface area contributed by atoms with Crippen LogP contribution >= 0.6 is 11.3 Å². The zero-order valence-corrected chi connectivity index (χ0v) is 14.4. The standard InChI is InChI=1S/C19H21NO2S/c1-21-17-9-14-13-5-3-4-6-16(13)20-19(12-7-8-23-11-12)15(14)10-18(17)22-2/h7-11,13,16H,3-6H2,1-2H3/t13-,16-/m1/s1. The molecule has 1 aromatic carbocycles. The first kappa shape index (κ1) is 14.8. The maximum Gasteiger partial charge on any atom is 0.161 e. The number of hydrogen-bond donors (Lipinski definition) is 0. The monoisotopic (exact) mass is 327 g/mol. The summed E-state index contributed by atoms with van der Waals surface area (Å²) < 4.78 is 11.1. The number of ether oxygens (including phenoxy) is 2. The molecule has 120 valence electrons. The summed E-state index contributed by atoms with van der Waals surface area (Å²) in [4.78, 5) is 5.15. The van der Waals surface area contributed by atoms with E-state index in [1.807, 2.05) is 0 Å². The number of nitrogens with zero attached hydrogens (tertiary/aromatic N) is 1. The van der Waals surface area contributed by atoms with Crippen LogP contribution in [0.1, 0.15) is 48.3 Å². The van der Waals surface area contributed by atoms with Crippen molar-refractivity contribution in [2.24, 2.45) is 4.99 Å². The molecule has 0 unspecified atom stereocenters. The molecule has 2 aliphatic rings. The van der Waals surface area contributed by atoms with Gasteiger partial charge in [-0.1, -0.05) is 12.8 Å². The van der Waals surface area contributed by atoms with E-state index in [-0.39, 0.29) is 0 Å². The van der Waals surface area contributed by atoms with Crippen LogP contribution in [0.3, 0.4) is 0 Å². The van der Waals surface area contributed by atoms with Gasteiger partial charge in [-0.25, -0.2) is 0 Å². The highest BCUT2D eigenvalue weighted by Crippen LogP contribution is 2.44. The summed E-state index contributed by atoms with van der Waals surface area (Å²) in [5.41, 5.74) is 4.92. The highest BCUT2D eigenvalue weighted by Gasteiger charge is 2.34. The molecule has 1 aliphatic heterocycles. The molecule has 0 bridgehead atoms. The van der Waals surface area contributed by atoms with Gasteiger partial charge in [0.15, 0.2) is 11.5 Å². The summed E-state index contributed by atoms with van der Waals surface area (Å²) in [6, 6.07) is 6.85. The van der Waals surface area contributed by atoms with Crippen LogP contribution in [-0.2, 0) is 0 Å². The molecule has 0 spiro atoms. The number of rotatable bonds is 3. The van der Waals surface area contributed by atoms with Gasteiger partial charge in [-0.05, 0) is 42.0 Å². The van der Waals surface area contributed by atoms with Gasteiger partial charge in [0.2, 0.25) is 0 Å². The molecule has 1 aliphatic carbocycles. The minimum atomic E-state index is 0.407. The van der Waals surface area contributed by atoms with Crippen molar-refractivity contribution in [1.82, 2.24) is 0 Å². The Morgan fingerprint density at radius 2 is 1.87 bits per heavy atom. The molecule has 23 heavy (non-hydrogen) atoms. The Balaban J connectivity index is 1.91. The van der Waals surface area contributed by atoms with Gasteiger partial charge >= 0.3 is 0 Å². The van der Waals surface area contributed by atoms with Crippen molar-refractivity contribution >= 4 is 17.0 Å². The van der Waals surface area contributed by atoms with Gasteiger partial charge in [-0.15, -0.1) is 0 Å². The molecule has 2 atom stereocenters. The average Bonchev–Trinajstić information content (AvgIpc) is 3.14. The lowest BCUT2D eigenvalue weighted by Crippen LogP contribution is -2.29. The molecular formula is C19H21NO2S.